The molecule has 0 aliphatic carbocycles. The van der Waals surface area contributed by atoms with E-state index in [4.69, 9.17) is 23.2 Å². The van der Waals surface area contributed by atoms with Crippen LogP contribution in [0, 0.1) is 6.92 Å². The summed E-state index contributed by atoms with van der Waals surface area (Å²) in [5.74, 6) is 0. The molecule has 2 aromatic rings. The van der Waals surface area contributed by atoms with Crippen molar-refractivity contribution >= 4 is 35.0 Å². The third kappa shape index (κ3) is 3.11. The summed E-state index contributed by atoms with van der Waals surface area (Å²) in [6.45, 7) is 1.89. The van der Waals surface area contributed by atoms with Crippen LogP contribution in [0.3, 0.4) is 0 Å². The van der Waals surface area contributed by atoms with Gasteiger partial charge in [0.05, 0.1) is 0 Å². The summed E-state index contributed by atoms with van der Waals surface area (Å²) in [6.07, 6.45) is 0. The minimum absolute atomic E-state index is 0.275. The molecule has 1 aromatic carbocycles. The van der Waals surface area contributed by atoms with E-state index in [2.05, 4.69) is 9.97 Å². The molecule has 0 unspecified atom stereocenters. The molecular weight excluding hydrogens is 263 g/mol. The SMILES string of the molecule is Cc1cc(Sc2ccc(Cl)cc2)nc(Cl)n1. The van der Waals surface area contributed by atoms with E-state index < -0.39 is 0 Å². The summed E-state index contributed by atoms with van der Waals surface area (Å²) in [4.78, 5) is 9.21. The lowest BCUT2D eigenvalue weighted by Gasteiger charge is -2.02. The van der Waals surface area contributed by atoms with Crippen LogP contribution in [0.5, 0.6) is 0 Å². The van der Waals surface area contributed by atoms with Gasteiger partial charge >= 0.3 is 0 Å². The minimum atomic E-state index is 0.275. The van der Waals surface area contributed by atoms with Crippen LogP contribution in [-0.2, 0) is 0 Å². The normalized spacial score (nSPS) is 10.4. The number of rotatable bonds is 2. The second-order valence-corrected chi connectivity index (χ2v) is 5.04. The Morgan fingerprint density at radius 3 is 2.38 bits per heavy atom. The summed E-state index contributed by atoms with van der Waals surface area (Å²) in [5, 5.41) is 1.83. The van der Waals surface area contributed by atoms with Crippen LogP contribution in [0.1, 0.15) is 5.69 Å². The van der Waals surface area contributed by atoms with Gasteiger partial charge in [0, 0.05) is 15.6 Å². The van der Waals surface area contributed by atoms with E-state index in [1.807, 2.05) is 37.3 Å². The van der Waals surface area contributed by atoms with Crippen LogP contribution in [-0.4, -0.2) is 9.97 Å². The lowest BCUT2D eigenvalue weighted by atomic mass is 10.4. The first-order chi connectivity index (χ1) is 7.63. The molecule has 0 amide bonds. The number of nitrogens with zero attached hydrogens (tertiary/aromatic N) is 2. The Bertz CT molecular complexity index is 480. The van der Waals surface area contributed by atoms with E-state index in [-0.39, 0.29) is 5.28 Å². The molecule has 1 heterocycles. The van der Waals surface area contributed by atoms with E-state index in [1.54, 1.807) is 0 Å². The molecule has 2 rings (SSSR count). The number of hydrogen-bond acceptors (Lipinski definition) is 3. The number of hydrogen-bond donors (Lipinski definition) is 0. The van der Waals surface area contributed by atoms with Crippen molar-refractivity contribution in [2.24, 2.45) is 0 Å². The van der Waals surface area contributed by atoms with Gasteiger partial charge < -0.3 is 0 Å². The van der Waals surface area contributed by atoms with Gasteiger partial charge in [-0.25, -0.2) is 9.97 Å². The standard InChI is InChI=1S/C11H8Cl2N2S/c1-7-6-10(15-11(13)14-7)16-9-4-2-8(12)3-5-9/h2-6H,1H3. The lowest BCUT2D eigenvalue weighted by molar-refractivity contribution is 1.01. The Kier molecular flexibility index (Phi) is 3.69. The third-order valence-electron chi connectivity index (χ3n) is 1.84. The molecule has 2 nitrogen and oxygen atoms in total. The zero-order valence-electron chi connectivity index (χ0n) is 8.45. The fourth-order valence-corrected chi connectivity index (χ4v) is 2.46. The molecule has 0 aliphatic rings. The van der Waals surface area contributed by atoms with E-state index in [1.165, 1.54) is 11.8 Å². The summed E-state index contributed by atoms with van der Waals surface area (Å²) in [6, 6.07) is 9.47. The zero-order chi connectivity index (χ0) is 11.5. The molecule has 82 valence electrons. The second-order valence-electron chi connectivity index (χ2n) is 3.17. The molecule has 1 aromatic heterocycles. The van der Waals surface area contributed by atoms with Gasteiger partial charge in [0.2, 0.25) is 5.28 Å². The molecule has 0 radical (unpaired) electrons. The highest BCUT2D eigenvalue weighted by Gasteiger charge is 2.02. The van der Waals surface area contributed by atoms with Crippen molar-refractivity contribution in [2.45, 2.75) is 16.8 Å². The Hall–Kier alpha value is -0.770. The fraction of sp³-hybridized carbons (Fsp3) is 0.0909. The van der Waals surface area contributed by atoms with Crippen molar-refractivity contribution in [3.8, 4) is 0 Å². The minimum Gasteiger partial charge on any atom is -0.223 e. The van der Waals surface area contributed by atoms with Crippen molar-refractivity contribution in [3.63, 3.8) is 0 Å². The summed E-state index contributed by atoms with van der Waals surface area (Å²) < 4.78 is 0. The quantitative estimate of drug-likeness (QED) is 0.603. The average molecular weight is 271 g/mol. The first-order valence-corrected chi connectivity index (χ1v) is 6.15. The van der Waals surface area contributed by atoms with E-state index >= 15 is 0 Å². The molecule has 0 spiro atoms. The molecule has 0 fully saturated rings. The highest BCUT2D eigenvalue weighted by atomic mass is 35.5. The maximum absolute atomic E-state index is 5.81. The molecule has 0 N–H and O–H groups in total. The molecule has 0 saturated heterocycles. The third-order valence-corrected chi connectivity index (χ3v) is 3.19. The molecule has 0 bridgehead atoms. The van der Waals surface area contributed by atoms with Crippen molar-refractivity contribution in [3.05, 3.63) is 46.3 Å². The number of aryl methyl sites for hydroxylation is 1. The van der Waals surface area contributed by atoms with Gasteiger partial charge in [-0.3, -0.25) is 0 Å². The van der Waals surface area contributed by atoms with Crippen molar-refractivity contribution in [2.75, 3.05) is 0 Å². The Morgan fingerprint density at radius 2 is 1.75 bits per heavy atom. The van der Waals surface area contributed by atoms with Crippen LogP contribution in [0.2, 0.25) is 10.3 Å². The predicted octanol–water partition coefficient (Wildman–Crippen LogP) is 4.24. The highest BCUT2D eigenvalue weighted by Crippen LogP contribution is 2.27. The topological polar surface area (TPSA) is 25.8 Å². The van der Waals surface area contributed by atoms with Crippen LogP contribution in [0.4, 0.5) is 0 Å². The summed E-state index contributed by atoms with van der Waals surface area (Å²) >= 11 is 13.1. The average Bonchev–Trinajstić information content (AvgIpc) is 2.20. The maximum Gasteiger partial charge on any atom is 0.223 e. The van der Waals surface area contributed by atoms with E-state index in [0.717, 1.165) is 20.6 Å². The van der Waals surface area contributed by atoms with Crippen LogP contribution in [0.25, 0.3) is 0 Å². The molecule has 0 saturated carbocycles. The van der Waals surface area contributed by atoms with Gasteiger partial charge in [0.1, 0.15) is 5.03 Å². The number of aromatic nitrogens is 2. The Morgan fingerprint density at radius 1 is 1.06 bits per heavy atom. The summed E-state index contributed by atoms with van der Waals surface area (Å²) in [7, 11) is 0. The van der Waals surface area contributed by atoms with Crippen molar-refractivity contribution in [1.82, 2.24) is 9.97 Å². The van der Waals surface area contributed by atoms with Gasteiger partial charge in [0.25, 0.3) is 0 Å². The summed E-state index contributed by atoms with van der Waals surface area (Å²) in [5.41, 5.74) is 0.858. The smallest absolute Gasteiger partial charge is 0.223 e. The van der Waals surface area contributed by atoms with Gasteiger partial charge in [-0.15, -0.1) is 0 Å². The number of halogens is 2. The first-order valence-electron chi connectivity index (χ1n) is 4.58. The molecule has 0 aliphatic heterocycles. The van der Waals surface area contributed by atoms with Gasteiger partial charge in [0.15, 0.2) is 0 Å². The zero-order valence-corrected chi connectivity index (χ0v) is 10.8. The van der Waals surface area contributed by atoms with Crippen LogP contribution in [0.15, 0.2) is 40.3 Å². The van der Waals surface area contributed by atoms with Crippen molar-refractivity contribution < 1.29 is 0 Å². The Labute approximate surface area is 108 Å². The van der Waals surface area contributed by atoms with Crippen LogP contribution < -0.4 is 0 Å². The maximum atomic E-state index is 5.81. The van der Waals surface area contributed by atoms with Gasteiger partial charge in [-0.1, -0.05) is 23.4 Å². The molecule has 0 atom stereocenters. The predicted molar refractivity (Wildman–Crippen MR) is 67.4 cm³/mol. The molecule has 16 heavy (non-hydrogen) atoms. The molecule has 5 heteroatoms. The van der Waals surface area contributed by atoms with Crippen molar-refractivity contribution in [1.29, 1.82) is 0 Å². The largest absolute Gasteiger partial charge is 0.223 e. The van der Waals surface area contributed by atoms with E-state index in [0.29, 0.717) is 0 Å². The highest BCUT2D eigenvalue weighted by molar-refractivity contribution is 7.99. The van der Waals surface area contributed by atoms with Crippen LogP contribution >= 0.6 is 35.0 Å². The first kappa shape index (κ1) is 11.7. The Balaban J connectivity index is 2.23. The van der Waals surface area contributed by atoms with Gasteiger partial charge in [-0.05, 0) is 48.9 Å². The second kappa shape index (κ2) is 5.04. The lowest BCUT2D eigenvalue weighted by Crippen LogP contribution is -1.88. The number of benzene rings is 1. The van der Waals surface area contributed by atoms with Gasteiger partial charge in [-0.2, -0.15) is 0 Å². The van der Waals surface area contributed by atoms with E-state index in [9.17, 15) is 0 Å². The monoisotopic (exact) mass is 270 g/mol. The fourth-order valence-electron chi connectivity index (χ4n) is 1.18. The molecular formula is C11H8Cl2N2S.